The molecule has 19 heavy (non-hydrogen) atoms. The van der Waals surface area contributed by atoms with Crippen LogP contribution in [0.4, 0.5) is 0 Å². The number of nitrogens with zero attached hydrogens (tertiary/aromatic N) is 2. The molecule has 100 valence electrons. The van der Waals surface area contributed by atoms with Gasteiger partial charge in [-0.25, -0.2) is 0 Å². The van der Waals surface area contributed by atoms with Crippen molar-refractivity contribution >= 4 is 0 Å². The van der Waals surface area contributed by atoms with E-state index in [-0.39, 0.29) is 12.6 Å². The average molecular weight is 261 g/mol. The van der Waals surface area contributed by atoms with Crippen LogP contribution in [0.2, 0.25) is 0 Å². The van der Waals surface area contributed by atoms with Crippen LogP contribution in [0.1, 0.15) is 12.3 Å². The fraction of sp³-hybridized carbons (Fsp3) is 0.385. The van der Waals surface area contributed by atoms with Gasteiger partial charge in [0.2, 0.25) is 11.7 Å². The second kappa shape index (κ2) is 5.38. The van der Waals surface area contributed by atoms with Gasteiger partial charge in [-0.2, -0.15) is 4.98 Å². The van der Waals surface area contributed by atoms with Crippen molar-refractivity contribution in [3.63, 3.8) is 0 Å². The number of aromatic nitrogens is 2. The summed E-state index contributed by atoms with van der Waals surface area (Å²) in [4.78, 5) is 4.19. The van der Waals surface area contributed by atoms with Gasteiger partial charge >= 0.3 is 0 Å². The third-order valence-corrected chi connectivity index (χ3v) is 2.93. The maximum absolute atomic E-state index is 5.83. The van der Waals surface area contributed by atoms with E-state index in [0.717, 1.165) is 24.3 Å². The molecule has 1 unspecified atom stereocenters. The smallest absolute Gasteiger partial charge is 0.240 e. The normalized spacial score (nSPS) is 18.7. The lowest BCUT2D eigenvalue weighted by molar-refractivity contribution is 0.141. The van der Waals surface area contributed by atoms with Crippen LogP contribution in [0.3, 0.4) is 0 Å². The van der Waals surface area contributed by atoms with E-state index in [1.165, 1.54) is 0 Å². The van der Waals surface area contributed by atoms with Gasteiger partial charge in [-0.15, -0.1) is 0 Å². The molecular formula is C13H15N3O3. The molecule has 1 aromatic heterocycles. The maximum Gasteiger partial charge on any atom is 0.240 e. The van der Waals surface area contributed by atoms with Crippen molar-refractivity contribution in [3.8, 4) is 17.1 Å². The van der Waals surface area contributed by atoms with Crippen molar-refractivity contribution in [1.29, 1.82) is 0 Å². The third kappa shape index (κ3) is 2.74. The van der Waals surface area contributed by atoms with Gasteiger partial charge in [-0.1, -0.05) is 17.3 Å². The number of hydrogen-bond acceptors (Lipinski definition) is 6. The van der Waals surface area contributed by atoms with Crippen LogP contribution in [0.5, 0.6) is 5.75 Å². The average Bonchev–Trinajstić information content (AvgIpc) is 3.09. The fourth-order valence-corrected chi connectivity index (χ4v) is 1.96. The van der Waals surface area contributed by atoms with E-state index >= 15 is 0 Å². The van der Waals surface area contributed by atoms with Crippen LogP contribution in [0, 0.1) is 0 Å². The van der Waals surface area contributed by atoms with Crippen molar-refractivity contribution in [3.05, 3.63) is 30.2 Å². The zero-order chi connectivity index (χ0) is 13.1. The van der Waals surface area contributed by atoms with Gasteiger partial charge < -0.3 is 19.7 Å². The zero-order valence-electron chi connectivity index (χ0n) is 10.4. The molecule has 0 amide bonds. The molecule has 1 aliphatic rings. The van der Waals surface area contributed by atoms with E-state index in [0.29, 0.717) is 18.3 Å². The van der Waals surface area contributed by atoms with Crippen molar-refractivity contribution in [2.24, 2.45) is 5.73 Å². The lowest BCUT2D eigenvalue weighted by Gasteiger charge is -2.11. The van der Waals surface area contributed by atoms with Crippen LogP contribution in [-0.4, -0.2) is 29.5 Å². The Labute approximate surface area is 110 Å². The predicted octanol–water partition coefficient (Wildman–Crippen LogP) is 1.36. The topological polar surface area (TPSA) is 83.4 Å². The van der Waals surface area contributed by atoms with E-state index < -0.39 is 0 Å². The Morgan fingerprint density at radius 3 is 3.11 bits per heavy atom. The van der Waals surface area contributed by atoms with Gasteiger partial charge in [-0.05, 0) is 12.1 Å². The van der Waals surface area contributed by atoms with Crippen LogP contribution in [0.25, 0.3) is 11.4 Å². The molecule has 0 aliphatic carbocycles. The highest BCUT2D eigenvalue weighted by molar-refractivity contribution is 5.56. The highest BCUT2D eigenvalue weighted by atomic mass is 16.5. The van der Waals surface area contributed by atoms with Gasteiger partial charge in [0, 0.05) is 12.0 Å². The van der Waals surface area contributed by atoms with E-state index in [1.54, 1.807) is 0 Å². The molecule has 6 nitrogen and oxygen atoms in total. The highest BCUT2D eigenvalue weighted by Crippen LogP contribution is 2.23. The van der Waals surface area contributed by atoms with E-state index in [2.05, 4.69) is 10.1 Å². The predicted molar refractivity (Wildman–Crippen MR) is 67.5 cm³/mol. The Morgan fingerprint density at radius 2 is 2.37 bits per heavy atom. The van der Waals surface area contributed by atoms with Crippen molar-refractivity contribution in [1.82, 2.24) is 10.1 Å². The first kappa shape index (κ1) is 12.1. The first-order chi connectivity index (χ1) is 9.35. The third-order valence-electron chi connectivity index (χ3n) is 2.93. The second-order valence-corrected chi connectivity index (χ2v) is 4.35. The Bertz CT molecular complexity index is 550. The van der Waals surface area contributed by atoms with Crippen LogP contribution < -0.4 is 10.5 Å². The molecule has 0 saturated carbocycles. The lowest BCUT2D eigenvalue weighted by atomic mass is 10.2. The van der Waals surface area contributed by atoms with Crippen LogP contribution >= 0.6 is 0 Å². The summed E-state index contributed by atoms with van der Waals surface area (Å²) >= 11 is 0. The monoisotopic (exact) mass is 261 g/mol. The lowest BCUT2D eigenvalue weighted by Crippen LogP contribution is -2.15. The molecule has 3 rings (SSSR count). The van der Waals surface area contributed by atoms with Gasteiger partial charge in [0.25, 0.3) is 0 Å². The van der Waals surface area contributed by atoms with E-state index in [9.17, 15) is 0 Å². The molecule has 0 spiro atoms. The molecular weight excluding hydrogens is 246 g/mol. The Balaban J connectivity index is 1.78. The molecule has 0 radical (unpaired) electrons. The number of benzene rings is 1. The van der Waals surface area contributed by atoms with Crippen molar-refractivity contribution in [2.75, 3.05) is 13.2 Å². The number of nitrogens with two attached hydrogens (primary N) is 1. The van der Waals surface area contributed by atoms with Gasteiger partial charge in [0.1, 0.15) is 11.9 Å². The minimum atomic E-state index is 0.125. The Hall–Kier alpha value is -1.92. The van der Waals surface area contributed by atoms with E-state index in [4.69, 9.17) is 19.7 Å². The van der Waals surface area contributed by atoms with Crippen LogP contribution in [-0.2, 0) is 11.3 Å². The summed E-state index contributed by atoms with van der Waals surface area (Å²) in [6.07, 6.45) is 1.05. The molecule has 2 N–H and O–H groups in total. The summed E-state index contributed by atoms with van der Waals surface area (Å²) in [6.45, 7) is 1.64. The van der Waals surface area contributed by atoms with Gasteiger partial charge in [-0.3, -0.25) is 0 Å². The molecule has 2 aromatic rings. The summed E-state index contributed by atoms with van der Waals surface area (Å²) < 4.78 is 16.1. The fourth-order valence-electron chi connectivity index (χ4n) is 1.96. The minimum absolute atomic E-state index is 0.125. The Kier molecular flexibility index (Phi) is 3.43. The minimum Gasteiger partial charge on any atom is -0.488 e. The van der Waals surface area contributed by atoms with Crippen molar-refractivity contribution in [2.45, 2.75) is 19.1 Å². The second-order valence-electron chi connectivity index (χ2n) is 4.35. The van der Waals surface area contributed by atoms with E-state index in [1.807, 2.05) is 24.3 Å². The summed E-state index contributed by atoms with van der Waals surface area (Å²) in [5.41, 5.74) is 6.29. The summed E-state index contributed by atoms with van der Waals surface area (Å²) in [7, 11) is 0. The van der Waals surface area contributed by atoms with Gasteiger partial charge in [0.15, 0.2) is 0 Å². The van der Waals surface area contributed by atoms with Gasteiger partial charge in [0.05, 0.1) is 19.8 Å². The summed E-state index contributed by atoms with van der Waals surface area (Å²) in [5.74, 6) is 1.73. The first-order valence-corrected chi connectivity index (χ1v) is 6.22. The number of ether oxygens (including phenoxy) is 2. The van der Waals surface area contributed by atoms with Crippen LogP contribution in [0.15, 0.2) is 28.8 Å². The summed E-state index contributed by atoms with van der Waals surface area (Å²) in [5, 5.41) is 3.88. The number of rotatable bonds is 4. The molecule has 1 fully saturated rings. The molecule has 2 heterocycles. The first-order valence-electron chi connectivity index (χ1n) is 6.22. The molecule has 0 bridgehead atoms. The quantitative estimate of drug-likeness (QED) is 0.894. The molecule has 6 heteroatoms. The molecule has 1 atom stereocenters. The molecule has 1 aliphatic heterocycles. The zero-order valence-corrected chi connectivity index (χ0v) is 10.4. The number of hydrogen-bond donors (Lipinski definition) is 1. The molecule has 1 aromatic carbocycles. The highest BCUT2D eigenvalue weighted by Gasteiger charge is 2.17. The maximum atomic E-state index is 5.83. The SMILES string of the molecule is NCc1nc(-c2cccc(OC3CCOC3)c2)no1. The Morgan fingerprint density at radius 1 is 1.42 bits per heavy atom. The standard InChI is InChI=1S/C13H15N3O3/c14-7-12-15-13(16-19-12)9-2-1-3-10(6-9)18-11-4-5-17-8-11/h1-3,6,11H,4-5,7-8,14H2. The molecule has 1 saturated heterocycles. The largest absolute Gasteiger partial charge is 0.488 e. The van der Waals surface area contributed by atoms with Crippen molar-refractivity contribution < 1.29 is 14.0 Å². The summed E-state index contributed by atoms with van der Waals surface area (Å²) in [6, 6.07) is 7.61.